The summed E-state index contributed by atoms with van der Waals surface area (Å²) in [5.74, 6) is 0.215. The minimum atomic E-state index is -3.65. The Morgan fingerprint density at radius 2 is 1.68 bits per heavy atom. The van der Waals surface area contributed by atoms with E-state index in [4.69, 9.17) is 11.6 Å². The van der Waals surface area contributed by atoms with Gasteiger partial charge in [-0.05, 0) is 43.3 Å². The van der Waals surface area contributed by atoms with Gasteiger partial charge in [-0.2, -0.15) is 4.31 Å². The number of fused-ring (bicyclic) bond motifs is 1. The first-order chi connectivity index (χ1) is 14.8. The first-order valence-electron chi connectivity index (χ1n) is 9.77. The molecule has 1 fully saturated rings. The third kappa shape index (κ3) is 4.21. The van der Waals surface area contributed by atoms with Gasteiger partial charge in [0.25, 0.3) is 5.56 Å². The average molecular weight is 461 g/mol. The molecule has 1 aromatic heterocycles. The Hall–Kier alpha value is -2.75. The van der Waals surface area contributed by atoms with Crippen molar-refractivity contribution >= 4 is 38.4 Å². The second kappa shape index (κ2) is 8.41. The summed E-state index contributed by atoms with van der Waals surface area (Å²) in [6.45, 7) is 2.42. The highest BCUT2D eigenvalue weighted by molar-refractivity contribution is 7.89. The van der Waals surface area contributed by atoms with Crippen molar-refractivity contribution in [1.82, 2.24) is 18.8 Å². The van der Waals surface area contributed by atoms with E-state index in [-0.39, 0.29) is 49.1 Å². The molecule has 0 radical (unpaired) electrons. The Morgan fingerprint density at radius 1 is 1.03 bits per heavy atom. The van der Waals surface area contributed by atoms with E-state index >= 15 is 0 Å². The molecule has 10 heteroatoms. The second-order valence-corrected chi connectivity index (χ2v) is 9.68. The van der Waals surface area contributed by atoms with Crippen molar-refractivity contribution in [3.63, 3.8) is 0 Å². The summed E-state index contributed by atoms with van der Waals surface area (Å²) in [4.78, 5) is 31.8. The van der Waals surface area contributed by atoms with Crippen LogP contribution in [0.2, 0.25) is 5.02 Å². The number of hydrogen-bond acceptors (Lipinski definition) is 5. The minimum absolute atomic E-state index is 0.133. The number of benzene rings is 2. The standard InChI is InChI=1S/C21H21ClN4O4S/c1-15-23-19-5-3-2-4-18(19)21(28)26(15)14-20(27)24-10-12-25(13-11-24)31(29,30)17-8-6-16(22)7-9-17/h2-9H,10-14H2,1H3. The molecule has 0 spiro atoms. The maximum absolute atomic E-state index is 12.8. The Balaban J connectivity index is 1.46. The van der Waals surface area contributed by atoms with Gasteiger partial charge in [0.2, 0.25) is 15.9 Å². The lowest BCUT2D eigenvalue weighted by molar-refractivity contribution is -0.133. The van der Waals surface area contributed by atoms with Crippen molar-refractivity contribution in [3.8, 4) is 0 Å². The van der Waals surface area contributed by atoms with Crippen LogP contribution in [-0.4, -0.2) is 59.3 Å². The number of para-hydroxylation sites is 1. The number of carbonyl (C=O) groups is 1. The number of piperazine rings is 1. The topological polar surface area (TPSA) is 92.6 Å². The molecule has 8 nitrogen and oxygen atoms in total. The zero-order valence-electron chi connectivity index (χ0n) is 16.9. The minimum Gasteiger partial charge on any atom is -0.338 e. The number of aromatic nitrogens is 2. The van der Waals surface area contributed by atoms with Crippen LogP contribution in [-0.2, 0) is 21.4 Å². The molecule has 162 valence electrons. The number of carbonyl (C=O) groups excluding carboxylic acids is 1. The third-order valence-electron chi connectivity index (χ3n) is 5.39. The van der Waals surface area contributed by atoms with Gasteiger partial charge in [0.1, 0.15) is 12.4 Å². The van der Waals surface area contributed by atoms with E-state index in [0.717, 1.165) is 0 Å². The summed E-state index contributed by atoms with van der Waals surface area (Å²) in [6, 6.07) is 13.0. The van der Waals surface area contributed by atoms with Gasteiger partial charge in [0, 0.05) is 31.2 Å². The Morgan fingerprint density at radius 3 is 2.35 bits per heavy atom. The van der Waals surface area contributed by atoms with Crippen molar-refractivity contribution in [1.29, 1.82) is 0 Å². The molecule has 1 aliphatic rings. The molecule has 0 N–H and O–H groups in total. The van der Waals surface area contributed by atoms with Crippen molar-refractivity contribution < 1.29 is 13.2 Å². The van der Waals surface area contributed by atoms with Gasteiger partial charge in [0.05, 0.1) is 15.8 Å². The second-order valence-electron chi connectivity index (χ2n) is 7.31. The molecule has 0 aliphatic carbocycles. The summed E-state index contributed by atoms with van der Waals surface area (Å²) < 4.78 is 28.3. The van der Waals surface area contributed by atoms with E-state index in [1.807, 2.05) is 0 Å². The highest BCUT2D eigenvalue weighted by Crippen LogP contribution is 2.20. The van der Waals surface area contributed by atoms with Crippen LogP contribution in [0.4, 0.5) is 0 Å². The molecule has 4 rings (SSSR count). The van der Waals surface area contributed by atoms with Crippen LogP contribution in [0.15, 0.2) is 58.2 Å². The Kier molecular flexibility index (Phi) is 5.83. The van der Waals surface area contributed by atoms with E-state index < -0.39 is 10.0 Å². The molecule has 1 amide bonds. The van der Waals surface area contributed by atoms with Gasteiger partial charge in [-0.25, -0.2) is 13.4 Å². The molecule has 0 saturated carbocycles. The largest absolute Gasteiger partial charge is 0.338 e. The van der Waals surface area contributed by atoms with Crippen molar-refractivity contribution in [2.45, 2.75) is 18.4 Å². The van der Waals surface area contributed by atoms with Gasteiger partial charge < -0.3 is 4.90 Å². The third-order valence-corrected chi connectivity index (χ3v) is 7.55. The molecular formula is C21H21ClN4O4S. The molecule has 2 aromatic carbocycles. The predicted molar refractivity (Wildman–Crippen MR) is 118 cm³/mol. The maximum Gasteiger partial charge on any atom is 0.261 e. The first kappa shape index (κ1) is 21.5. The van der Waals surface area contributed by atoms with Crippen molar-refractivity contribution in [2.24, 2.45) is 0 Å². The van der Waals surface area contributed by atoms with Crippen LogP contribution in [0.5, 0.6) is 0 Å². The zero-order chi connectivity index (χ0) is 22.2. The fourth-order valence-corrected chi connectivity index (χ4v) is 5.18. The highest BCUT2D eigenvalue weighted by atomic mass is 35.5. The van der Waals surface area contributed by atoms with Gasteiger partial charge in [-0.15, -0.1) is 0 Å². The fourth-order valence-electron chi connectivity index (χ4n) is 3.63. The van der Waals surface area contributed by atoms with Crippen LogP contribution in [0.1, 0.15) is 5.82 Å². The molecular weight excluding hydrogens is 440 g/mol. The van der Waals surface area contributed by atoms with E-state index in [9.17, 15) is 18.0 Å². The van der Waals surface area contributed by atoms with Gasteiger partial charge in [-0.1, -0.05) is 23.7 Å². The van der Waals surface area contributed by atoms with Crippen LogP contribution in [0.25, 0.3) is 10.9 Å². The maximum atomic E-state index is 12.8. The highest BCUT2D eigenvalue weighted by Gasteiger charge is 2.30. The Bertz CT molecular complexity index is 1300. The normalized spacial score (nSPS) is 15.4. The van der Waals surface area contributed by atoms with E-state index in [1.54, 1.807) is 36.1 Å². The van der Waals surface area contributed by atoms with Crippen molar-refractivity contribution in [3.05, 3.63) is 69.7 Å². The first-order valence-corrected chi connectivity index (χ1v) is 11.6. The van der Waals surface area contributed by atoms with Gasteiger partial charge >= 0.3 is 0 Å². The van der Waals surface area contributed by atoms with Crippen LogP contribution < -0.4 is 5.56 Å². The zero-order valence-corrected chi connectivity index (χ0v) is 18.4. The lowest BCUT2D eigenvalue weighted by Gasteiger charge is -2.34. The molecule has 1 saturated heterocycles. The molecule has 31 heavy (non-hydrogen) atoms. The molecule has 2 heterocycles. The number of rotatable bonds is 4. The summed E-state index contributed by atoms with van der Waals surface area (Å²) in [5, 5.41) is 0.919. The van der Waals surface area contributed by atoms with E-state index in [2.05, 4.69) is 4.98 Å². The van der Waals surface area contributed by atoms with E-state index in [0.29, 0.717) is 21.7 Å². The number of sulfonamides is 1. The average Bonchev–Trinajstić information content (AvgIpc) is 2.77. The van der Waals surface area contributed by atoms with Crippen molar-refractivity contribution in [2.75, 3.05) is 26.2 Å². The number of aryl methyl sites for hydroxylation is 1. The smallest absolute Gasteiger partial charge is 0.261 e. The van der Waals surface area contributed by atoms with E-state index in [1.165, 1.54) is 33.1 Å². The summed E-state index contributed by atoms with van der Waals surface area (Å²) in [6.07, 6.45) is 0. The molecule has 0 unspecified atom stereocenters. The summed E-state index contributed by atoms with van der Waals surface area (Å²) in [7, 11) is -3.65. The lowest BCUT2D eigenvalue weighted by atomic mass is 10.2. The fraction of sp³-hybridized carbons (Fsp3) is 0.286. The van der Waals surface area contributed by atoms with Crippen LogP contribution in [0, 0.1) is 6.92 Å². The number of hydrogen-bond donors (Lipinski definition) is 0. The van der Waals surface area contributed by atoms with Crippen LogP contribution >= 0.6 is 11.6 Å². The van der Waals surface area contributed by atoms with Gasteiger partial charge in [-0.3, -0.25) is 14.2 Å². The summed E-state index contributed by atoms with van der Waals surface area (Å²) in [5.41, 5.74) is 0.329. The number of halogens is 1. The molecule has 0 atom stereocenters. The van der Waals surface area contributed by atoms with Crippen LogP contribution in [0.3, 0.4) is 0 Å². The molecule has 1 aliphatic heterocycles. The SMILES string of the molecule is Cc1nc2ccccc2c(=O)n1CC(=O)N1CCN(S(=O)(=O)c2ccc(Cl)cc2)CC1. The lowest BCUT2D eigenvalue weighted by Crippen LogP contribution is -2.51. The predicted octanol–water partition coefficient (Wildman–Crippen LogP) is 1.89. The quantitative estimate of drug-likeness (QED) is 0.592. The monoisotopic (exact) mass is 460 g/mol. The summed E-state index contributed by atoms with van der Waals surface area (Å²) >= 11 is 5.84. The molecule has 0 bridgehead atoms. The Labute approximate surface area is 184 Å². The van der Waals surface area contributed by atoms with Gasteiger partial charge in [0.15, 0.2) is 0 Å². The molecule has 3 aromatic rings. The number of amides is 1. The number of nitrogens with zero attached hydrogens (tertiary/aromatic N) is 4.